The molecule has 32 heavy (non-hydrogen) atoms. The predicted octanol–water partition coefficient (Wildman–Crippen LogP) is 5.09. The first-order valence-corrected chi connectivity index (χ1v) is 11.4. The molecule has 8 heteroatoms. The fourth-order valence-corrected chi connectivity index (χ4v) is 4.85. The summed E-state index contributed by atoms with van der Waals surface area (Å²) in [5.74, 6) is -1.53. The molecular weight excluding hydrogens is 444 g/mol. The normalized spacial score (nSPS) is 12.1. The van der Waals surface area contributed by atoms with Crippen molar-refractivity contribution in [2.75, 3.05) is 10.6 Å². The molecule has 0 radical (unpaired) electrons. The molecule has 0 saturated carbocycles. The monoisotopic (exact) mass is 458 g/mol. The van der Waals surface area contributed by atoms with Crippen LogP contribution in [-0.2, 0) is 0 Å². The second kappa shape index (κ2) is 7.99. The average molecular weight is 459 g/mol. The van der Waals surface area contributed by atoms with E-state index in [2.05, 4.69) is 10.6 Å². The topological polar surface area (TPSA) is 92.3 Å². The van der Waals surface area contributed by atoms with Gasteiger partial charge in [-0.15, -0.1) is 22.7 Å². The fourth-order valence-electron chi connectivity index (χ4n) is 3.61. The van der Waals surface area contributed by atoms with E-state index in [1.165, 1.54) is 34.8 Å². The summed E-state index contributed by atoms with van der Waals surface area (Å²) in [6.45, 7) is 0. The lowest BCUT2D eigenvalue weighted by Crippen LogP contribution is -2.26. The van der Waals surface area contributed by atoms with Gasteiger partial charge in [0, 0.05) is 11.1 Å². The molecule has 156 valence electrons. The summed E-state index contributed by atoms with van der Waals surface area (Å²) in [4.78, 5) is 53.0. The predicted molar refractivity (Wildman–Crippen MR) is 124 cm³/mol. The lowest BCUT2D eigenvalue weighted by molar-refractivity contribution is 0.0978. The van der Waals surface area contributed by atoms with Crippen LogP contribution >= 0.6 is 22.7 Å². The van der Waals surface area contributed by atoms with Gasteiger partial charge in [-0.1, -0.05) is 36.4 Å². The van der Waals surface area contributed by atoms with E-state index >= 15 is 0 Å². The zero-order chi connectivity index (χ0) is 22.2. The molecule has 2 aromatic carbocycles. The van der Waals surface area contributed by atoms with Gasteiger partial charge in [0.15, 0.2) is 11.6 Å². The Morgan fingerprint density at radius 1 is 0.594 bits per heavy atom. The van der Waals surface area contributed by atoms with Gasteiger partial charge >= 0.3 is 0 Å². The molecule has 0 saturated heterocycles. The van der Waals surface area contributed by atoms with Crippen molar-refractivity contribution in [3.05, 3.63) is 103 Å². The Hall–Kier alpha value is -3.88. The summed E-state index contributed by atoms with van der Waals surface area (Å²) in [6.07, 6.45) is 0. The molecule has 0 fully saturated rings. The molecule has 0 aliphatic heterocycles. The van der Waals surface area contributed by atoms with Gasteiger partial charge in [-0.2, -0.15) is 0 Å². The van der Waals surface area contributed by atoms with Crippen LogP contribution in [-0.4, -0.2) is 23.4 Å². The van der Waals surface area contributed by atoms with Crippen LogP contribution in [0.25, 0.3) is 0 Å². The van der Waals surface area contributed by atoms with Crippen LogP contribution in [0.1, 0.15) is 51.2 Å². The molecule has 2 amide bonds. The SMILES string of the molecule is O=C(Nc1ccc(NC(=O)c2cccs2)c2c1C(=O)c1ccccc1C2=O)c1cccs1. The summed E-state index contributed by atoms with van der Waals surface area (Å²) in [6, 6.07) is 16.4. The van der Waals surface area contributed by atoms with Crippen molar-refractivity contribution in [1.29, 1.82) is 0 Å². The molecule has 1 aliphatic carbocycles. The van der Waals surface area contributed by atoms with E-state index < -0.39 is 0 Å². The molecule has 0 atom stereocenters. The van der Waals surface area contributed by atoms with Crippen LogP contribution in [0.4, 0.5) is 11.4 Å². The minimum absolute atomic E-state index is 0.0718. The highest BCUT2D eigenvalue weighted by molar-refractivity contribution is 7.12. The Balaban J connectivity index is 1.63. The first-order valence-electron chi connectivity index (χ1n) is 9.59. The highest BCUT2D eigenvalue weighted by atomic mass is 32.1. The van der Waals surface area contributed by atoms with Crippen LogP contribution in [0.3, 0.4) is 0 Å². The molecule has 1 aliphatic rings. The van der Waals surface area contributed by atoms with Crippen molar-refractivity contribution in [3.8, 4) is 0 Å². The van der Waals surface area contributed by atoms with Gasteiger partial charge in [-0.3, -0.25) is 19.2 Å². The van der Waals surface area contributed by atoms with Gasteiger partial charge in [0.05, 0.1) is 32.3 Å². The maximum Gasteiger partial charge on any atom is 0.265 e. The van der Waals surface area contributed by atoms with E-state index in [9.17, 15) is 19.2 Å². The third kappa shape index (κ3) is 3.35. The van der Waals surface area contributed by atoms with Crippen molar-refractivity contribution in [2.45, 2.75) is 0 Å². The van der Waals surface area contributed by atoms with Crippen LogP contribution in [0.5, 0.6) is 0 Å². The number of ketones is 2. The number of hydrogen-bond acceptors (Lipinski definition) is 6. The number of thiophene rings is 2. The highest BCUT2D eigenvalue weighted by Gasteiger charge is 2.34. The van der Waals surface area contributed by atoms with Gasteiger partial charge in [0.25, 0.3) is 11.8 Å². The molecule has 5 rings (SSSR count). The Labute approximate surface area is 190 Å². The summed E-state index contributed by atoms with van der Waals surface area (Å²) in [5, 5.41) is 9.05. The van der Waals surface area contributed by atoms with Gasteiger partial charge in [-0.05, 0) is 35.0 Å². The summed E-state index contributed by atoms with van der Waals surface area (Å²) in [5.41, 5.74) is 1.11. The molecule has 2 N–H and O–H groups in total. The third-order valence-electron chi connectivity index (χ3n) is 5.06. The van der Waals surface area contributed by atoms with E-state index in [1.54, 1.807) is 59.3 Å². The lowest BCUT2D eigenvalue weighted by atomic mass is 9.82. The quantitative estimate of drug-likeness (QED) is 0.392. The van der Waals surface area contributed by atoms with E-state index in [1.807, 2.05) is 0 Å². The molecular formula is C24H14N2O4S2. The van der Waals surface area contributed by atoms with Crippen LogP contribution in [0, 0.1) is 0 Å². The molecule has 0 unspecified atom stereocenters. The number of nitrogens with one attached hydrogen (secondary N) is 2. The third-order valence-corrected chi connectivity index (χ3v) is 6.80. The molecule has 4 aromatic rings. The van der Waals surface area contributed by atoms with Crippen molar-refractivity contribution in [3.63, 3.8) is 0 Å². The largest absolute Gasteiger partial charge is 0.321 e. The lowest BCUT2D eigenvalue weighted by Gasteiger charge is -2.23. The van der Waals surface area contributed by atoms with Crippen molar-refractivity contribution in [1.82, 2.24) is 0 Å². The summed E-state index contributed by atoms with van der Waals surface area (Å²) in [7, 11) is 0. The molecule has 2 aromatic heterocycles. The van der Waals surface area contributed by atoms with E-state index in [0.29, 0.717) is 9.75 Å². The number of fused-ring (bicyclic) bond motifs is 2. The molecule has 2 heterocycles. The Kier molecular flexibility index (Phi) is 5.01. The first kappa shape index (κ1) is 20.0. The second-order valence-electron chi connectivity index (χ2n) is 6.98. The van der Waals surface area contributed by atoms with Crippen molar-refractivity contribution in [2.24, 2.45) is 0 Å². The minimum atomic E-state index is -0.385. The number of rotatable bonds is 4. The highest BCUT2D eigenvalue weighted by Crippen LogP contribution is 2.37. The van der Waals surface area contributed by atoms with E-state index in [0.717, 1.165) is 0 Å². The van der Waals surface area contributed by atoms with Gasteiger partial charge < -0.3 is 10.6 Å². The number of amides is 2. The van der Waals surface area contributed by atoms with Gasteiger partial charge in [0.1, 0.15) is 0 Å². The first-order chi connectivity index (χ1) is 15.5. The average Bonchev–Trinajstić information content (AvgIpc) is 3.52. The standard InChI is InChI=1S/C24H14N2O4S2/c27-21-13-5-1-2-6-14(13)22(28)20-16(26-24(30)18-8-4-12-32-18)10-9-15(19(20)21)25-23(29)17-7-3-11-31-17/h1-12H,(H,25,29)(H,26,30). The van der Waals surface area contributed by atoms with Crippen LogP contribution in [0.2, 0.25) is 0 Å². The number of anilines is 2. The molecule has 6 nitrogen and oxygen atoms in total. The second-order valence-corrected chi connectivity index (χ2v) is 8.87. The van der Waals surface area contributed by atoms with E-state index in [4.69, 9.17) is 0 Å². The Bertz CT molecular complexity index is 1280. The van der Waals surface area contributed by atoms with Gasteiger partial charge in [-0.25, -0.2) is 0 Å². The number of benzene rings is 2. The number of hydrogen-bond donors (Lipinski definition) is 2. The van der Waals surface area contributed by atoms with Crippen LogP contribution in [0.15, 0.2) is 71.4 Å². The smallest absolute Gasteiger partial charge is 0.265 e. The van der Waals surface area contributed by atoms with Crippen LogP contribution < -0.4 is 10.6 Å². The minimum Gasteiger partial charge on any atom is -0.321 e. The zero-order valence-electron chi connectivity index (χ0n) is 16.4. The Morgan fingerprint density at radius 2 is 1.03 bits per heavy atom. The maximum absolute atomic E-state index is 13.4. The summed E-state index contributed by atoms with van der Waals surface area (Å²) >= 11 is 2.54. The Morgan fingerprint density at radius 3 is 1.41 bits per heavy atom. The fraction of sp³-hybridized carbons (Fsp3) is 0. The molecule has 0 bridgehead atoms. The van der Waals surface area contributed by atoms with Gasteiger partial charge in [0.2, 0.25) is 0 Å². The zero-order valence-corrected chi connectivity index (χ0v) is 18.0. The van der Waals surface area contributed by atoms with E-state index in [-0.39, 0.29) is 57.0 Å². The number of carbonyl (C=O) groups is 4. The van der Waals surface area contributed by atoms with Crippen molar-refractivity contribution < 1.29 is 19.2 Å². The maximum atomic E-state index is 13.4. The van der Waals surface area contributed by atoms with Crippen molar-refractivity contribution >= 4 is 57.4 Å². The molecule has 0 spiro atoms. The summed E-state index contributed by atoms with van der Waals surface area (Å²) < 4.78 is 0. The number of carbonyl (C=O) groups excluding carboxylic acids is 4.